The predicted octanol–water partition coefficient (Wildman–Crippen LogP) is -0.324. The van der Waals surface area contributed by atoms with Gasteiger partial charge >= 0.3 is 0 Å². The highest BCUT2D eigenvalue weighted by Crippen LogP contribution is 2.25. The van der Waals surface area contributed by atoms with E-state index in [1.165, 1.54) is 11.8 Å². The van der Waals surface area contributed by atoms with Crippen LogP contribution in [-0.4, -0.2) is 65.4 Å². The molecule has 1 rings (SSSR count). The number of amides is 2. The number of nitrogens with one attached hydrogen (secondary N) is 2. The maximum atomic E-state index is 12.8. The number of ketones is 1. The van der Waals surface area contributed by atoms with Crippen LogP contribution in [0.3, 0.4) is 0 Å². The third kappa shape index (κ3) is 4.75. The van der Waals surface area contributed by atoms with Crippen LogP contribution in [0.4, 0.5) is 0 Å². The van der Waals surface area contributed by atoms with Crippen LogP contribution in [0.5, 0.6) is 0 Å². The summed E-state index contributed by atoms with van der Waals surface area (Å²) in [5, 5.41) is 15.5. The average Bonchev–Trinajstić information content (AvgIpc) is 2.79. The number of Topliss-reactive ketones (excluding diaryl/α,β-unsaturated/α-hetero) is 1. The maximum Gasteiger partial charge on any atom is 0.243 e. The number of carbonyl (C=O) groups is 3. The molecule has 2 amide bonds. The van der Waals surface area contributed by atoms with Gasteiger partial charge in [-0.15, -0.1) is 0 Å². The lowest BCUT2D eigenvalue weighted by Crippen LogP contribution is -2.56. The fourth-order valence-electron chi connectivity index (χ4n) is 2.81. The first-order valence-electron chi connectivity index (χ1n) is 7.95. The van der Waals surface area contributed by atoms with E-state index < -0.39 is 30.1 Å². The van der Waals surface area contributed by atoms with E-state index in [1.54, 1.807) is 14.0 Å². The normalized spacial score (nSPS) is 24.2. The van der Waals surface area contributed by atoms with Crippen molar-refractivity contribution in [2.45, 2.75) is 65.3 Å². The zero-order chi connectivity index (χ0) is 17.9. The van der Waals surface area contributed by atoms with Gasteiger partial charge in [0, 0.05) is 13.0 Å². The Hall–Kier alpha value is -1.47. The summed E-state index contributed by atoms with van der Waals surface area (Å²) < 4.78 is 0. The Labute approximate surface area is 137 Å². The molecule has 1 aliphatic heterocycles. The zero-order valence-corrected chi connectivity index (χ0v) is 14.8. The molecule has 7 heteroatoms. The molecule has 0 unspecified atom stereocenters. The van der Waals surface area contributed by atoms with E-state index in [-0.39, 0.29) is 30.1 Å². The van der Waals surface area contributed by atoms with E-state index in [1.807, 2.05) is 20.8 Å². The van der Waals surface area contributed by atoms with Crippen molar-refractivity contribution >= 4 is 17.6 Å². The van der Waals surface area contributed by atoms with Gasteiger partial charge in [-0.05, 0) is 26.3 Å². The third-order valence-electron chi connectivity index (χ3n) is 4.23. The number of likely N-dealkylation sites (N-methyl/N-ethyl adjacent to an activating group) is 1. The number of hydrogen-bond acceptors (Lipinski definition) is 5. The SMILES string of the molecule is CN[C@H](C(=O)N1C[C@H](O)C[C@H]1C(=O)N[C@H](C)C(C)=O)C(C)(C)C. The monoisotopic (exact) mass is 327 g/mol. The zero-order valence-electron chi connectivity index (χ0n) is 14.8. The van der Waals surface area contributed by atoms with Gasteiger partial charge in [0.15, 0.2) is 5.78 Å². The number of hydrogen-bond donors (Lipinski definition) is 3. The average molecular weight is 327 g/mol. The summed E-state index contributed by atoms with van der Waals surface area (Å²) >= 11 is 0. The highest BCUT2D eigenvalue weighted by molar-refractivity contribution is 5.93. The van der Waals surface area contributed by atoms with Crippen molar-refractivity contribution in [2.24, 2.45) is 5.41 Å². The molecule has 0 radical (unpaired) electrons. The lowest BCUT2D eigenvalue weighted by molar-refractivity contribution is -0.142. The first kappa shape index (κ1) is 19.6. The third-order valence-corrected chi connectivity index (χ3v) is 4.23. The molecule has 4 atom stereocenters. The summed E-state index contributed by atoms with van der Waals surface area (Å²) in [7, 11) is 1.70. The molecule has 132 valence electrons. The molecule has 0 spiro atoms. The van der Waals surface area contributed by atoms with Crippen LogP contribution < -0.4 is 10.6 Å². The molecule has 23 heavy (non-hydrogen) atoms. The Morgan fingerprint density at radius 2 is 1.83 bits per heavy atom. The van der Waals surface area contributed by atoms with Crippen molar-refractivity contribution < 1.29 is 19.5 Å². The van der Waals surface area contributed by atoms with Crippen LogP contribution in [0.2, 0.25) is 0 Å². The molecule has 0 aliphatic carbocycles. The predicted molar refractivity (Wildman–Crippen MR) is 86.7 cm³/mol. The summed E-state index contributed by atoms with van der Waals surface area (Å²) in [6.07, 6.45) is -0.553. The second kappa shape index (κ2) is 7.40. The number of nitrogens with zero attached hydrogens (tertiary/aromatic N) is 1. The van der Waals surface area contributed by atoms with Gasteiger partial charge in [-0.3, -0.25) is 14.4 Å². The molecule has 0 aromatic rings. The Balaban J connectivity index is 2.93. The van der Waals surface area contributed by atoms with Gasteiger partial charge in [-0.25, -0.2) is 0 Å². The van der Waals surface area contributed by atoms with Gasteiger partial charge < -0.3 is 20.6 Å². The molecule has 1 saturated heterocycles. The topological polar surface area (TPSA) is 98.7 Å². The summed E-state index contributed by atoms with van der Waals surface area (Å²) in [6.45, 7) is 8.93. The van der Waals surface area contributed by atoms with Crippen molar-refractivity contribution in [1.82, 2.24) is 15.5 Å². The van der Waals surface area contributed by atoms with Gasteiger partial charge in [0.2, 0.25) is 11.8 Å². The van der Waals surface area contributed by atoms with Crippen molar-refractivity contribution in [3.63, 3.8) is 0 Å². The number of aliphatic hydroxyl groups is 1. The smallest absolute Gasteiger partial charge is 0.243 e. The molecule has 0 aromatic heterocycles. The molecular formula is C16H29N3O4. The molecule has 0 bridgehead atoms. The lowest BCUT2D eigenvalue weighted by Gasteiger charge is -2.34. The molecule has 1 fully saturated rings. The fourth-order valence-corrected chi connectivity index (χ4v) is 2.81. The number of aliphatic hydroxyl groups excluding tert-OH is 1. The van der Waals surface area contributed by atoms with Crippen LogP contribution in [0, 0.1) is 5.41 Å². The summed E-state index contributed by atoms with van der Waals surface area (Å²) in [4.78, 5) is 37.9. The number of β-amino-alcohol motifs (C(OH)–C–C–N with tert-alkyl or cyclic N) is 1. The Morgan fingerprint density at radius 3 is 2.26 bits per heavy atom. The molecule has 1 heterocycles. The minimum absolute atomic E-state index is 0.125. The number of likely N-dealkylation sites (tertiary alicyclic amines) is 1. The second-order valence-corrected chi connectivity index (χ2v) is 7.32. The summed E-state index contributed by atoms with van der Waals surface area (Å²) in [5.41, 5.74) is -0.326. The highest BCUT2D eigenvalue weighted by Gasteiger charge is 2.43. The molecule has 0 saturated carbocycles. The largest absolute Gasteiger partial charge is 0.391 e. The first-order chi connectivity index (χ1) is 10.5. The quantitative estimate of drug-likeness (QED) is 0.642. The molecule has 7 nitrogen and oxygen atoms in total. The summed E-state index contributed by atoms with van der Waals surface area (Å²) in [5.74, 6) is -0.772. The highest BCUT2D eigenvalue weighted by atomic mass is 16.3. The fraction of sp³-hybridized carbons (Fsp3) is 0.812. The van der Waals surface area contributed by atoms with Gasteiger partial charge in [-0.1, -0.05) is 20.8 Å². The molecular weight excluding hydrogens is 298 g/mol. The number of carbonyl (C=O) groups excluding carboxylic acids is 3. The van der Waals surface area contributed by atoms with E-state index in [0.29, 0.717) is 0 Å². The van der Waals surface area contributed by atoms with Gasteiger partial charge in [0.25, 0.3) is 0 Å². The molecule has 3 N–H and O–H groups in total. The van der Waals surface area contributed by atoms with E-state index in [9.17, 15) is 19.5 Å². The maximum absolute atomic E-state index is 12.8. The van der Waals surface area contributed by atoms with Gasteiger partial charge in [0.05, 0.1) is 18.2 Å². The molecule has 0 aromatic carbocycles. The Kier molecular flexibility index (Phi) is 6.30. The van der Waals surface area contributed by atoms with Crippen LogP contribution in [-0.2, 0) is 14.4 Å². The Morgan fingerprint density at radius 1 is 1.26 bits per heavy atom. The van der Waals surface area contributed by atoms with Crippen molar-refractivity contribution in [3.05, 3.63) is 0 Å². The van der Waals surface area contributed by atoms with E-state index in [4.69, 9.17) is 0 Å². The van der Waals surface area contributed by atoms with E-state index >= 15 is 0 Å². The van der Waals surface area contributed by atoms with E-state index in [2.05, 4.69) is 10.6 Å². The van der Waals surface area contributed by atoms with Gasteiger partial charge in [0.1, 0.15) is 6.04 Å². The second-order valence-electron chi connectivity index (χ2n) is 7.32. The minimum atomic E-state index is -0.752. The van der Waals surface area contributed by atoms with Gasteiger partial charge in [-0.2, -0.15) is 0 Å². The standard InChI is InChI=1S/C16H29N3O4/c1-9(10(2)20)18-14(22)12-7-11(21)8-19(12)15(23)13(17-6)16(3,4)5/h9,11-13,17,21H,7-8H2,1-6H3,(H,18,22)/t9-,11-,12+,13-/m1/s1. The van der Waals surface area contributed by atoms with Crippen LogP contribution in [0.25, 0.3) is 0 Å². The lowest BCUT2D eigenvalue weighted by atomic mass is 9.86. The molecule has 1 aliphatic rings. The Bertz CT molecular complexity index is 472. The minimum Gasteiger partial charge on any atom is -0.391 e. The van der Waals surface area contributed by atoms with Crippen LogP contribution in [0.1, 0.15) is 41.0 Å². The number of rotatable bonds is 5. The van der Waals surface area contributed by atoms with Crippen molar-refractivity contribution in [3.8, 4) is 0 Å². The van der Waals surface area contributed by atoms with Crippen LogP contribution >= 0.6 is 0 Å². The van der Waals surface area contributed by atoms with E-state index in [0.717, 1.165) is 0 Å². The first-order valence-corrected chi connectivity index (χ1v) is 7.95. The summed E-state index contributed by atoms with van der Waals surface area (Å²) in [6, 6.07) is -1.83. The van der Waals surface area contributed by atoms with Crippen molar-refractivity contribution in [1.29, 1.82) is 0 Å². The van der Waals surface area contributed by atoms with Crippen LogP contribution in [0.15, 0.2) is 0 Å². The van der Waals surface area contributed by atoms with Crippen molar-refractivity contribution in [2.75, 3.05) is 13.6 Å².